The molecular formula is C68H77N3O. The molecule has 0 atom stereocenters. The summed E-state index contributed by atoms with van der Waals surface area (Å²) in [6.07, 6.45) is 2.01. The highest BCUT2D eigenvalue weighted by Crippen LogP contribution is 2.50. The van der Waals surface area contributed by atoms with E-state index in [4.69, 9.17) is 4.42 Å². The number of anilines is 3. The first kappa shape index (κ1) is 49.1. The van der Waals surface area contributed by atoms with Gasteiger partial charge >= 0.3 is 0 Å². The smallest absolute Gasteiger partial charge is 0.139 e. The third kappa shape index (κ3) is 8.53. The Hall–Kier alpha value is -6.52. The van der Waals surface area contributed by atoms with Gasteiger partial charge in [0, 0.05) is 60.6 Å². The van der Waals surface area contributed by atoms with Crippen molar-refractivity contribution in [3.05, 3.63) is 167 Å². The van der Waals surface area contributed by atoms with Crippen molar-refractivity contribution in [2.24, 2.45) is 0 Å². The van der Waals surface area contributed by atoms with Crippen LogP contribution in [0.4, 0.5) is 17.1 Å². The first-order valence-electron chi connectivity index (χ1n) is 26.2. The van der Waals surface area contributed by atoms with Crippen molar-refractivity contribution < 1.29 is 4.42 Å². The van der Waals surface area contributed by atoms with E-state index in [-0.39, 0.29) is 32.5 Å². The van der Waals surface area contributed by atoms with E-state index in [2.05, 4.69) is 266 Å². The molecule has 0 saturated carbocycles. The number of aromatic nitrogens is 2. The normalized spacial score (nSPS) is 13.4. The number of fused-ring (bicyclic) bond motifs is 8. The molecule has 4 nitrogen and oxygen atoms in total. The largest absolute Gasteiger partial charge is 0.462 e. The van der Waals surface area contributed by atoms with E-state index in [0.717, 1.165) is 50.3 Å². The van der Waals surface area contributed by atoms with Crippen molar-refractivity contribution in [3.8, 4) is 16.8 Å². The van der Waals surface area contributed by atoms with Crippen molar-refractivity contribution in [2.75, 3.05) is 4.90 Å². The van der Waals surface area contributed by atoms with Gasteiger partial charge in [-0.3, -0.25) is 0 Å². The van der Waals surface area contributed by atoms with Crippen molar-refractivity contribution in [1.82, 2.24) is 9.55 Å². The number of H-pyrrole nitrogens is 1. The number of benzene rings is 7. The van der Waals surface area contributed by atoms with Crippen LogP contribution in [-0.2, 0) is 32.5 Å². The Balaban J connectivity index is 1.36. The molecule has 0 radical (unpaired) electrons. The topological polar surface area (TPSA) is 37.1 Å². The lowest BCUT2D eigenvalue weighted by atomic mass is 9.79. The molecule has 0 aliphatic carbocycles. The van der Waals surface area contributed by atoms with Gasteiger partial charge in [-0.25, -0.2) is 0 Å². The highest BCUT2D eigenvalue weighted by Gasteiger charge is 2.31. The number of nitrogens with zero attached hydrogens (tertiary/aromatic N) is 2. The number of para-hydroxylation sites is 1. The van der Waals surface area contributed by atoms with E-state index in [1.807, 2.05) is 6.26 Å². The van der Waals surface area contributed by atoms with Gasteiger partial charge in [-0.15, -0.1) is 0 Å². The standard InChI is InChI=1S/C68H77N3O/c1-63(2,3)42-24-28-48(29-25-42)70(58-40-72-62-54(58)37-46(67(13,14)15)38-55(62)68(16,17)18)49-33-41(32-45(34-49)66(10,11)12)50-39-52-51-35-44(65(7,8)9)27-31-57(51)71(47-22-20-19-21-23-47)61(52)59-53-36-43(64(4,5)6)26-30-56(53)69-60(50)59/h19-40,69H,1-18H3. The SMILES string of the molecule is CC(C)(C)c1ccc(N(c2cc(-c3cc4c5cc(C(C)(C)C)ccc5n(-c5ccccc5)c4c4c3[nH]c3ccc(C(C)(C)C)cc34)cc(C(C)(C)C)c2)c2coc3c(C(C)(C)C)cc(C(C)(C)C)cc23)cc1. The van der Waals surface area contributed by atoms with Crippen LogP contribution < -0.4 is 4.90 Å². The molecule has 4 heteroatoms. The lowest BCUT2D eigenvalue weighted by Crippen LogP contribution is -2.17. The average molecular weight is 952 g/mol. The molecule has 0 aliphatic heterocycles. The Bertz CT molecular complexity index is 3720. The van der Waals surface area contributed by atoms with Crippen molar-refractivity contribution in [3.63, 3.8) is 0 Å². The van der Waals surface area contributed by atoms with Crippen LogP contribution in [0.25, 0.3) is 71.4 Å². The summed E-state index contributed by atoms with van der Waals surface area (Å²) >= 11 is 0. The van der Waals surface area contributed by atoms with E-state index in [0.29, 0.717) is 0 Å². The van der Waals surface area contributed by atoms with E-state index in [1.54, 1.807) is 0 Å². The molecule has 72 heavy (non-hydrogen) atoms. The zero-order valence-corrected chi connectivity index (χ0v) is 46.5. The molecule has 1 N–H and O–H groups in total. The van der Waals surface area contributed by atoms with Gasteiger partial charge in [0.15, 0.2) is 0 Å². The minimum Gasteiger partial charge on any atom is -0.462 e. The fourth-order valence-electron chi connectivity index (χ4n) is 10.7. The van der Waals surface area contributed by atoms with E-state index in [9.17, 15) is 0 Å². The number of rotatable bonds is 5. The number of furan rings is 1. The Morgan fingerprint density at radius 3 is 1.60 bits per heavy atom. The highest BCUT2D eigenvalue weighted by atomic mass is 16.3. The summed E-state index contributed by atoms with van der Waals surface area (Å²) in [4.78, 5) is 6.55. The minimum absolute atomic E-state index is 0.00274. The molecule has 0 unspecified atom stereocenters. The summed E-state index contributed by atoms with van der Waals surface area (Å²) in [7, 11) is 0. The third-order valence-corrected chi connectivity index (χ3v) is 15.3. The molecule has 7 aromatic carbocycles. The van der Waals surface area contributed by atoms with Gasteiger partial charge in [0.25, 0.3) is 0 Å². The van der Waals surface area contributed by atoms with Crippen LogP contribution in [-0.4, -0.2) is 9.55 Å². The fourth-order valence-corrected chi connectivity index (χ4v) is 10.7. The molecular weight excluding hydrogens is 875 g/mol. The second-order valence-electron chi connectivity index (χ2n) is 27.0. The molecule has 0 spiro atoms. The van der Waals surface area contributed by atoms with Gasteiger partial charge in [-0.1, -0.05) is 179 Å². The molecule has 370 valence electrons. The number of nitrogens with one attached hydrogen (secondary N) is 1. The molecule has 10 aromatic rings. The predicted octanol–water partition coefficient (Wildman–Crippen LogP) is 20.1. The van der Waals surface area contributed by atoms with Crippen LogP contribution in [0.2, 0.25) is 0 Å². The van der Waals surface area contributed by atoms with E-state index < -0.39 is 0 Å². The molecule has 0 aliphatic rings. The minimum atomic E-state index is -0.181. The maximum Gasteiger partial charge on any atom is 0.139 e. The fraction of sp³-hybridized carbons (Fsp3) is 0.353. The van der Waals surface area contributed by atoms with Crippen molar-refractivity contribution in [1.29, 1.82) is 0 Å². The summed E-state index contributed by atoms with van der Waals surface area (Å²) < 4.78 is 9.34. The summed E-state index contributed by atoms with van der Waals surface area (Å²) in [6, 6.07) is 49.0. The average Bonchev–Trinajstić information content (AvgIpc) is 3.98. The second-order valence-corrected chi connectivity index (χ2v) is 27.0. The predicted molar refractivity (Wildman–Crippen MR) is 312 cm³/mol. The maximum absolute atomic E-state index is 6.83. The zero-order chi connectivity index (χ0) is 51.8. The Morgan fingerprint density at radius 2 is 1.00 bits per heavy atom. The molecule has 0 bridgehead atoms. The Kier molecular flexibility index (Phi) is 11.2. The van der Waals surface area contributed by atoms with Crippen LogP contribution in [0.5, 0.6) is 0 Å². The lowest BCUT2D eigenvalue weighted by Gasteiger charge is -2.30. The van der Waals surface area contributed by atoms with Gasteiger partial charge < -0.3 is 18.9 Å². The number of hydrogen-bond acceptors (Lipinski definition) is 2. The maximum atomic E-state index is 6.83. The summed E-state index contributed by atoms with van der Waals surface area (Å²) in [5, 5.41) is 6.10. The first-order valence-corrected chi connectivity index (χ1v) is 26.2. The monoisotopic (exact) mass is 952 g/mol. The van der Waals surface area contributed by atoms with Gasteiger partial charge in [0.05, 0.1) is 22.2 Å². The first-order chi connectivity index (χ1) is 33.5. The molecule has 3 heterocycles. The van der Waals surface area contributed by atoms with E-state index >= 15 is 0 Å². The number of aromatic amines is 1. The molecule has 3 aromatic heterocycles. The van der Waals surface area contributed by atoms with Crippen LogP contribution in [0.15, 0.2) is 138 Å². The second kappa shape index (κ2) is 16.5. The Labute approximate surface area is 429 Å². The number of hydrogen-bond donors (Lipinski definition) is 1. The van der Waals surface area contributed by atoms with Crippen LogP contribution in [0, 0.1) is 0 Å². The lowest BCUT2D eigenvalue weighted by molar-refractivity contribution is 0.550. The molecule has 0 saturated heterocycles. The zero-order valence-electron chi connectivity index (χ0n) is 46.5. The van der Waals surface area contributed by atoms with Crippen molar-refractivity contribution >= 4 is 71.6 Å². The molecule has 0 amide bonds. The van der Waals surface area contributed by atoms with Crippen LogP contribution in [0.1, 0.15) is 158 Å². The summed E-state index contributed by atoms with van der Waals surface area (Å²) in [5.41, 5.74) is 19.6. The summed E-state index contributed by atoms with van der Waals surface area (Å²) in [5.74, 6) is 0. The quantitative estimate of drug-likeness (QED) is 0.187. The molecule has 10 rings (SSSR count). The third-order valence-electron chi connectivity index (χ3n) is 15.3. The van der Waals surface area contributed by atoms with Gasteiger partial charge in [0.2, 0.25) is 0 Å². The van der Waals surface area contributed by atoms with Gasteiger partial charge in [-0.2, -0.15) is 0 Å². The highest BCUT2D eigenvalue weighted by molar-refractivity contribution is 6.28. The van der Waals surface area contributed by atoms with Crippen LogP contribution in [0.3, 0.4) is 0 Å². The van der Waals surface area contributed by atoms with E-state index in [1.165, 1.54) is 71.5 Å². The van der Waals surface area contributed by atoms with Crippen molar-refractivity contribution in [2.45, 2.75) is 157 Å². The van der Waals surface area contributed by atoms with Gasteiger partial charge in [-0.05, 0) is 139 Å². The van der Waals surface area contributed by atoms with Gasteiger partial charge in [0.1, 0.15) is 11.8 Å². The summed E-state index contributed by atoms with van der Waals surface area (Å²) in [6.45, 7) is 41.6. The Morgan fingerprint density at radius 1 is 0.444 bits per heavy atom. The van der Waals surface area contributed by atoms with Crippen LogP contribution >= 0.6 is 0 Å². The molecule has 0 fully saturated rings.